The van der Waals surface area contributed by atoms with Crippen molar-refractivity contribution in [3.8, 4) is 11.5 Å². The molecule has 3 amide bonds. The lowest BCUT2D eigenvalue weighted by molar-refractivity contribution is -0.187. The molecule has 46 heavy (non-hydrogen) atoms. The smallest absolute Gasteiger partial charge is 0.452 e. The van der Waals surface area contributed by atoms with Gasteiger partial charge in [-0.15, -0.1) is 0 Å². The third-order valence-electron chi connectivity index (χ3n) is 7.50. The van der Waals surface area contributed by atoms with Gasteiger partial charge >= 0.3 is 6.18 Å². The van der Waals surface area contributed by atoms with Gasteiger partial charge in [-0.1, -0.05) is 62.4 Å². The summed E-state index contributed by atoms with van der Waals surface area (Å²) in [6.45, 7) is 4.32. The highest BCUT2D eigenvalue weighted by Crippen LogP contribution is 2.38. The fourth-order valence-corrected chi connectivity index (χ4v) is 5.38. The van der Waals surface area contributed by atoms with Gasteiger partial charge in [-0.25, -0.2) is 10.0 Å². The predicted octanol–water partition coefficient (Wildman–Crippen LogP) is 5.52. The van der Waals surface area contributed by atoms with E-state index in [1.807, 2.05) is 0 Å². The molecule has 9 nitrogen and oxygen atoms in total. The number of alkyl halides is 3. The normalized spacial score (nSPS) is 15.7. The summed E-state index contributed by atoms with van der Waals surface area (Å²) in [5.74, 6) is -4.68. The van der Waals surface area contributed by atoms with E-state index < -0.39 is 54.1 Å². The second kappa shape index (κ2) is 13.9. The second-order valence-electron chi connectivity index (χ2n) is 10.9. The molecule has 242 valence electrons. The Morgan fingerprint density at radius 1 is 0.891 bits per heavy atom. The van der Waals surface area contributed by atoms with Gasteiger partial charge in [-0.3, -0.25) is 24.1 Å². The molecule has 1 heterocycles. The molecular formula is C34H34F3N3O6. The lowest BCUT2D eigenvalue weighted by Crippen LogP contribution is -2.64. The van der Waals surface area contributed by atoms with Gasteiger partial charge in [0.2, 0.25) is 5.91 Å². The van der Waals surface area contributed by atoms with Crippen LogP contribution in [0.5, 0.6) is 11.5 Å². The Hall–Kier alpha value is -5.13. The zero-order chi connectivity index (χ0) is 33.8. The zero-order valence-corrected chi connectivity index (χ0v) is 25.9. The lowest BCUT2D eigenvalue weighted by Gasteiger charge is -2.47. The van der Waals surface area contributed by atoms with Crippen LogP contribution in [0.15, 0.2) is 85.1 Å². The summed E-state index contributed by atoms with van der Waals surface area (Å²) >= 11 is 0. The highest BCUT2D eigenvalue weighted by atomic mass is 19.4. The van der Waals surface area contributed by atoms with Gasteiger partial charge in [0.15, 0.2) is 11.5 Å². The number of hydrazine groups is 1. The molecule has 0 saturated carbocycles. The minimum atomic E-state index is -5.34. The molecule has 2 atom stereocenters. The van der Waals surface area contributed by atoms with E-state index in [2.05, 4.69) is 0 Å². The van der Waals surface area contributed by atoms with E-state index >= 15 is 0 Å². The quantitative estimate of drug-likeness (QED) is 0.291. The number of hydrogen-bond donors (Lipinski definition) is 0. The van der Waals surface area contributed by atoms with Crippen molar-refractivity contribution >= 4 is 29.2 Å². The van der Waals surface area contributed by atoms with Gasteiger partial charge < -0.3 is 9.47 Å². The van der Waals surface area contributed by atoms with Gasteiger partial charge in [0.25, 0.3) is 17.6 Å². The Labute approximate surface area is 264 Å². The van der Waals surface area contributed by atoms with Crippen molar-refractivity contribution in [2.45, 2.75) is 45.5 Å². The van der Waals surface area contributed by atoms with Crippen molar-refractivity contribution in [3.63, 3.8) is 0 Å². The molecule has 0 saturated heterocycles. The number of amides is 3. The summed E-state index contributed by atoms with van der Waals surface area (Å²) in [4.78, 5) is 56.2. The summed E-state index contributed by atoms with van der Waals surface area (Å²) in [6, 6.07) is 17.1. The van der Waals surface area contributed by atoms with Crippen LogP contribution in [-0.4, -0.2) is 70.9 Å². The maximum absolute atomic E-state index is 14.6. The first-order valence-corrected chi connectivity index (χ1v) is 14.4. The molecule has 12 heteroatoms. The Morgan fingerprint density at radius 2 is 1.48 bits per heavy atom. The number of hydrogen-bond acceptors (Lipinski definition) is 6. The number of carbonyl (C=O) groups excluding carboxylic acids is 4. The number of methoxy groups -OCH3 is 2. The molecule has 0 N–H and O–H groups in total. The van der Waals surface area contributed by atoms with Crippen molar-refractivity contribution in [2.75, 3.05) is 14.2 Å². The number of benzene rings is 3. The van der Waals surface area contributed by atoms with Crippen LogP contribution < -0.4 is 9.47 Å². The monoisotopic (exact) mass is 637 g/mol. The molecule has 3 aromatic rings. The van der Waals surface area contributed by atoms with Gasteiger partial charge in [0.1, 0.15) is 12.1 Å². The van der Waals surface area contributed by atoms with Gasteiger partial charge in [-0.05, 0) is 41.8 Å². The third-order valence-corrected chi connectivity index (χ3v) is 7.50. The van der Waals surface area contributed by atoms with E-state index in [1.54, 1.807) is 62.4 Å². The molecule has 0 aromatic heterocycles. The Balaban J connectivity index is 2.01. The minimum Gasteiger partial charge on any atom is -0.493 e. The molecule has 0 aliphatic carbocycles. The van der Waals surface area contributed by atoms with E-state index in [0.29, 0.717) is 16.3 Å². The molecule has 0 bridgehead atoms. The van der Waals surface area contributed by atoms with Crippen LogP contribution >= 0.6 is 0 Å². The SMILES string of the molecule is COc1ccc(C2=CN(C(=O)c3ccccc3)C(C(C)C)C(=O)N2N(C(C)=O)C(Cc2ccccc2)C(=O)C(F)(F)F)cc1OC. The van der Waals surface area contributed by atoms with Crippen LogP contribution in [0.3, 0.4) is 0 Å². The van der Waals surface area contributed by atoms with E-state index in [9.17, 15) is 32.3 Å². The molecule has 0 radical (unpaired) electrons. The van der Waals surface area contributed by atoms with E-state index in [1.165, 1.54) is 55.7 Å². The Kier molecular flexibility index (Phi) is 10.2. The fraction of sp³-hybridized carbons (Fsp3) is 0.294. The molecular weight excluding hydrogens is 603 g/mol. The summed E-state index contributed by atoms with van der Waals surface area (Å²) in [5, 5.41) is 1.34. The van der Waals surface area contributed by atoms with Crippen molar-refractivity contribution < 1.29 is 41.8 Å². The van der Waals surface area contributed by atoms with Crippen LogP contribution in [0.4, 0.5) is 13.2 Å². The number of Topliss-reactive ketones (excluding diaryl/α,β-unsaturated/α-hetero) is 1. The molecule has 4 rings (SSSR count). The van der Waals surface area contributed by atoms with Crippen molar-refractivity contribution in [1.29, 1.82) is 0 Å². The van der Waals surface area contributed by atoms with Gasteiger partial charge in [0.05, 0.1) is 19.9 Å². The maximum atomic E-state index is 14.6. The van der Waals surface area contributed by atoms with Gasteiger partial charge in [-0.2, -0.15) is 13.2 Å². The molecule has 0 fully saturated rings. The number of halogens is 3. The lowest BCUT2D eigenvalue weighted by atomic mass is 9.96. The molecule has 2 unspecified atom stereocenters. The largest absolute Gasteiger partial charge is 0.493 e. The van der Waals surface area contributed by atoms with E-state index in [0.717, 1.165) is 11.9 Å². The van der Waals surface area contributed by atoms with E-state index in [4.69, 9.17) is 9.47 Å². The second-order valence-corrected chi connectivity index (χ2v) is 10.9. The van der Waals surface area contributed by atoms with Crippen LogP contribution in [0.2, 0.25) is 0 Å². The summed E-state index contributed by atoms with van der Waals surface area (Å²) in [5.41, 5.74) is 0.660. The first kappa shape index (κ1) is 33.8. The van der Waals surface area contributed by atoms with Crippen molar-refractivity contribution in [1.82, 2.24) is 14.9 Å². The maximum Gasteiger partial charge on any atom is 0.452 e. The number of ether oxygens (including phenoxy) is 2. The van der Waals surface area contributed by atoms with E-state index in [-0.39, 0.29) is 22.6 Å². The summed E-state index contributed by atoms with van der Waals surface area (Å²) < 4.78 is 53.2. The topological polar surface area (TPSA) is 96.5 Å². The summed E-state index contributed by atoms with van der Waals surface area (Å²) in [7, 11) is 2.79. The highest BCUT2D eigenvalue weighted by molar-refractivity contribution is 6.04. The van der Waals surface area contributed by atoms with Crippen molar-refractivity contribution in [3.05, 3.63) is 102 Å². The number of nitrogens with zero attached hydrogens (tertiary/aromatic N) is 3. The van der Waals surface area contributed by atoms with Crippen LogP contribution in [0.1, 0.15) is 42.3 Å². The minimum absolute atomic E-state index is 0.129. The van der Waals surface area contributed by atoms with Crippen LogP contribution in [-0.2, 0) is 20.8 Å². The Bertz CT molecular complexity index is 1630. The molecule has 1 aliphatic heterocycles. The van der Waals surface area contributed by atoms with Gasteiger partial charge in [0, 0.05) is 30.7 Å². The van der Waals surface area contributed by atoms with Crippen molar-refractivity contribution in [2.24, 2.45) is 5.92 Å². The fourth-order valence-electron chi connectivity index (χ4n) is 5.38. The highest BCUT2D eigenvalue weighted by Gasteiger charge is 2.51. The molecule has 0 spiro atoms. The predicted molar refractivity (Wildman–Crippen MR) is 163 cm³/mol. The third kappa shape index (κ3) is 6.90. The first-order chi connectivity index (χ1) is 21.8. The number of ketones is 1. The first-order valence-electron chi connectivity index (χ1n) is 14.4. The average molecular weight is 638 g/mol. The number of rotatable bonds is 10. The standard InChI is InChI=1S/C34H34F3N3O6/c1-21(2)30-33(44)40(39(22(3)41)26(31(42)34(35,36)37)18-23-12-8-6-9-13-23)27(25-16-17-28(45-4)29(19-25)46-5)20-38(30)32(43)24-14-10-7-11-15-24/h6-17,19-21,26,30H,18H2,1-5H3. The van der Waals surface area contributed by atoms with Crippen LogP contribution in [0.25, 0.3) is 5.70 Å². The Morgan fingerprint density at radius 3 is 2.00 bits per heavy atom. The molecule has 1 aliphatic rings. The average Bonchev–Trinajstić information content (AvgIpc) is 3.03. The molecule has 3 aromatic carbocycles. The van der Waals surface area contributed by atoms with Crippen LogP contribution in [0, 0.1) is 5.92 Å². The zero-order valence-electron chi connectivity index (χ0n) is 25.9. The number of carbonyl (C=O) groups is 4. The summed E-state index contributed by atoms with van der Waals surface area (Å²) in [6.07, 6.45) is -4.57.